The van der Waals surface area contributed by atoms with Gasteiger partial charge in [-0.15, -0.1) is 0 Å². The molecular formula is C10H11ClO. The molecule has 0 amide bonds. The van der Waals surface area contributed by atoms with Crippen LogP contribution in [0.5, 0.6) is 5.75 Å². The molecule has 0 heterocycles. The van der Waals surface area contributed by atoms with E-state index in [1.807, 2.05) is 6.92 Å². The highest BCUT2D eigenvalue weighted by atomic mass is 35.5. The van der Waals surface area contributed by atoms with Crippen LogP contribution in [0.3, 0.4) is 0 Å². The largest absolute Gasteiger partial charge is 0.495 e. The van der Waals surface area contributed by atoms with E-state index in [2.05, 4.69) is 6.07 Å². The predicted octanol–water partition coefficient (Wildman–Crippen LogP) is 2.76. The third-order valence-corrected chi connectivity index (χ3v) is 2.85. The molecule has 0 aromatic heterocycles. The predicted molar refractivity (Wildman–Crippen MR) is 50.1 cm³/mol. The van der Waals surface area contributed by atoms with E-state index in [0.717, 1.165) is 22.8 Å². The maximum Gasteiger partial charge on any atom is 0.140 e. The van der Waals surface area contributed by atoms with Gasteiger partial charge >= 0.3 is 0 Å². The van der Waals surface area contributed by atoms with Gasteiger partial charge < -0.3 is 4.74 Å². The number of benzene rings is 1. The van der Waals surface area contributed by atoms with E-state index in [9.17, 15) is 0 Å². The number of hydrogen-bond acceptors (Lipinski definition) is 1. The molecule has 1 aromatic carbocycles. The van der Waals surface area contributed by atoms with Crippen molar-refractivity contribution in [1.82, 2.24) is 0 Å². The zero-order valence-electron chi connectivity index (χ0n) is 7.28. The molecule has 0 atom stereocenters. The van der Waals surface area contributed by atoms with Crippen LogP contribution in [0, 0.1) is 6.92 Å². The molecular weight excluding hydrogens is 172 g/mol. The summed E-state index contributed by atoms with van der Waals surface area (Å²) in [5, 5.41) is 0.818. The van der Waals surface area contributed by atoms with E-state index >= 15 is 0 Å². The number of aryl methyl sites for hydroxylation is 2. The normalized spacial score (nSPS) is 13.6. The number of methoxy groups -OCH3 is 1. The fraction of sp³-hybridized carbons (Fsp3) is 0.400. The van der Waals surface area contributed by atoms with E-state index in [-0.39, 0.29) is 0 Å². The summed E-state index contributed by atoms with van der Waals surface area (Å²) in [4.78, 5) is 0. The lowest BCUT2D eigenvalue weighted by atomic mass is 9.87. The van der Waals surface area contributed by atoms with Gasteiger partial charge in [0.25, 0.3) is 0 Å². The first kappa shape index (κ1) is 7.93. The molecule has 0 aliphatic heterocycles. The van der Waals surface area contributed by atoms with Crippen LogP contribution < -0.4 is 4.74 Å². The van der Waals surface area contributed by atoms with Gasteiger partial charge in [0.1, 0.15) is 5.75 Å². The topological polar surface area (TPSA) is 9.23 Å². The van der Waals surface area contributed by atoms with Crippen molar-refractivity contribution in [3.8, 4) is 5.75 Å². The van der Waals surface area contributed by atoms with Crippen molar-refractivity contribution >= 4 is 11.6 Å². The molecule has 0 unspecified atom stereocenters. The smallest absolute Gasteiger partial charge is 0.140 e. The molecule has 1 aliphatic rings. The average Bonchev–Trinajstić information content (AvgIpc) is 1.97. The first-order valence-electron chi connectivity index (χ1n) is 4.09. The molecule has 0 spiro atoms. The quantitative estimate of drug-likeness (QED) is 0.649. The number of rotatable bonds is 1. The van der Waals surface area contributed by atoms with Crippen molar-refractivity contribution in [2.75, 3.05) is 7.11 Å². The Morgan fingerprint density at radius 2 is 2.17 bits per heavy atom. The Balaban J connectivity index is 2.62. The molecule has 0 N–H and O–H groups in total. The maximum atomic E-state index is 6.13. The first-order chi connectivity index (χ1) is 5.74. The van der Waals surface area contributed by atoms with Gasteiger partial charge in [-0.25, -0.2) is 0 Å². The molecule has 1 aliphatic carbocycles. The Morgan fingerprint density at radius 1 is 1.42 bits per heavy atom. The molecule has 2 heteroatoms. The Hall–Kier alpha value is -0.690. The second kappa shape index (κ2) is 2.67. The maximum absolute atomic E-state index is 6.13. The highest BCUT2D eigenvalue weighted by molar-refractivity contribution is 6.33. The zero-order valence-corrected chi connectivity index (χ0v) is 8.03. The summed E-state index contributed by atoms with van der Waals surface area (Å²) >= 11 is 6.13. The van der Waals surface area contributed by atoms with Crippen molar-refractivity contribution in [1.29, 1.82) is 0 Å². The Morgan fingerprint density at radius 3 is 2.67 bits per heavy atom. The van der Waals surface area contributed by atoms with Crippen LogP contribution in [0.25, 0.3) is 0 Å². The van der Waals surface area contributed by atoms with Crippen LogP contribution in [-0.4, -0.2) is 7.11 Å². The Labute approximate surface area is 77.3 Å². The molecule has 0 saturated heterocycles. The van der Waals surface area contributed by atoms with Gasteiger partial charge in [0.2, 0.25) is 0 Å². The Bertz CT molecular complexity index is 331. The lowest BCUT2D eigenvalue weighted by molar-refractivity contribution is 0.410. The third kappa shape index (κ3) is 0.929. The second-order valence-electron chi connectivity index (χ2n) is 3.18. The van der Waals surface area contributed by atoms with Crippen LogP contribution in [0.2, 0.25) is 5.02 Å². The minimum absolute atomic E-state index is 0.818. The second-order valence-corrected chi connectivity index (χ2v) is 3.56. The molecule has 0 bridgehead atoms. The van der Waals surface area contributed by atoms with Crippen molar-refractivity contribution in [3.63, 3.8) is 0 Å². The summed E-state index contributed by atoms with van der Waals surface area (Å²) in [5.41, 5.74) is 3.80. The monoisotopic (exact) mass is 182 g/mol. The molecule has 1 nitrogen and oxygen atoms in total. The van der Waals surface area contributed by atoms with Gasteiger partial charge in [0, 0.05) is 0 Å². The van der Waals surface area contributed by atoms with Crippen molar-refractivity contribution in [2.45, 2.75) is 19.8 Å². The lowest BCUT2D eigenvalue weighted by Crippen LogP contribution is -2.10. The number of halogens is 1. The minimum atomic E-state index is 0.818. The van der Waals surface area contributed by atoms with Crippen LogP contribution in [0.15, 0.2) is 6.07 Å². The third-order valence-electron chi connectivity index (χ3n) is 2.45. The number of ether oxygens (including phenoxy) is 1. The van der Waals surface area contributed by atoms with Crippen LogP contribution in [0.1, 0.15) is 16.7 Å². The van der Waals surface area contributed by atoms with Gasteiger partial charge in [0.05, 0.1) is 12.1 Å². The number of hydrogen-bond donors (Lipinski definition) is 0. The van der Waals surface area contributed by atoms with Crippen molar-refractivity contribution in [3.05, 3.63) is 27.8 Å². The van der Waals surface area contributed by atoms with E-state index in [0.29, 0.717) is 0 Å². The van der Waals surface area contributed by atoms with Gasteiger partial charge in [-0.2, -0.15) is 0 Å². The zero-order chi connectivity index (χ0) is 8.72. The molecule has 0 fully saturated rings. The average molecular weight is 183 g/mol. The molecule has 2 rings (SSSR count). The van der Waals surface area contributed by atoms with Crippen LogP contribution >= 0.6 is 11.6 Å². The molecule has 0 saturated carbocycles. The Kier molecular flexibility index (Phi) is 1.76. The SMILES string of the molecule is COc1c(C)cc2c(c1Cl)CC2. The fourth-order valence-electron chi connectivity index (χ4n) is 1.69. The highest BCUT2D eigenvalue weighted by Crippen LogP contribution is 2.39. The van der Waals surface area contributed by atoms with Gasteiger partial charge in [-0.1, -0.05) is 17.7 Å². The summed E-state index contributed by atoms with van der Waals surface area (Å²) in [5.74, 6) is 0.843. The van der Waals surface area contributed by atoms with Gasteiger partial charge in [-0.05, 0) is 36.5 Å². The van der Waals surface area contributed by atoms with E-state index in [1.54, 1.807) is 7.11 Å². The standard InChI is InChI=1S/C10H11ClO/c1-6-5-7-3-4-8(7)9(11)10(6)12-2/h5H,3-4H2,1-2H3. The molecule has 0 radical (unpaired) electrons. The van der Waals surface area contributed by atoms with Crippen molar-refractivity contribution in [2.24, 2.45) is 0 Å². The summed E-state index contributed by atoms with van der Waals surface area (Å²) in [6.07, 6.45) is 2.27. The molecule has 12 heavy (non-hydrogen) atoms. The molecule has 1 aromatic rings. The van der Waals surface area contributed by atoms with E-state index in [4.69, 9.17) is 16.3 Å². The summed E-state index contributed by atoms with van der Waals surface area (Å²) < 4.78 is 5.21. The summed E-state index contributed by atoms with van der Waals surface area (Å²) in [6.45, 7) is 2.03. The van der Waals surface area contributed by atoms with Crippen molar-refractivity contribution < 1.29 is 4.74 Å². The van der Waals surface area contributed by atoms with E-state index < -0.39 is 0 Å². The first-order valence-corrected chi connectivity index (χ1v) is 4.46. The summed E-state index contributed by atoms with van der Waals surface area (Å²) in [7, 11) is 1.67. The van der Waals surface area contributed by atoms with Gasteiger partial charge in [-0.3, -0.25) is 0 Å². The van der Waals surface area contributed by atoms with Crippen LogP contribution in [0.4, 0.5) is 0 Å². The molecule has 64 valence electrons. The number of fused-ring (bicyclic) bond motifs is 1. The van der Waals surface area contributed by atoms with E-state index in [1.165, 1.54) is 17.5 Å². The lowest BCUT2D eigenvalue weighted by Gasteiger charge is -2.23. The van der Waals surface area contributed by atoms with Gasteiger partial charge in [0.15, 0.2) is 0 Å². The highest BCUT2D eigenvalue weighted by Gasteiger charge is 2.20. The summed E-state index contributed by atoms with van der Waals surface area (Å²) in [6, 6.07) is 2.17. The fourth-order valence-corrected chi connectivity index (χ4v) is 2.13. The minimum Gasteiger partial charge on any atom is -0.495 e. The van der Waals surface area contributed by atoms with Crippen LogP contribution in [-0.2, 0) is 12.8 Å².